The largest absolute Gasteiger partial charge is 0.464 e. The lowest BCUT2D eigenvalue weighted by molar-refractivity contribution is -0.0351. The number of hydrogen-bond acceptors (Lipinski definition) is 4. The first-order valence-corrected chi connectivity index (χ1v) is 7.44. The van der Waals surface area contributed by atoms with Crippen molar-refractivity contribution in [2.24, 2.45) is 0 Å². The van der Waals surface area contributed by atoms with Gasteiger partial charge in [-0.2, -0.15) is 0 Å². The van der Waals surface area contributed by atoms with Crippen molar-refractivity contribution in [3.63, 3.8) is 0 Å². The minimum atomic E-state index is -0.325. The van der Waals surface area contributed by atoms with E-state index in [1.54, 1.807) is 0 Å². The molecule has 2 atom stereocenters. The third-order valence-electron chi connectivity index (χ3n) is 3.75. The number of aliphatic hydroxyl groups is 1. The van der Waals surface area contributed by atoms with E-state index in [1.807, 2.05) is 18.2 Å². The quantitative estimate of drug-likeness (QED) is 0.779. The molecule has 0 amide bonds. The van der Waals surface area contributed by atoms with Crippen LogP contribution in [0.5, 0.6) is 0 Å². The Kier molecular flexibility index (Phi) is 5.83. The van der Waals surface area contributed by atoms with Crippen molar-refractivity contribution in [2.75, 3.05) is 26.3 Å². The Hall–Kier alpha value is -1.10. The van der Waals surface area contributed by atoms with E-state index in [4.69, 9.17) is 9.15 Å². The summed E-state index contributed by atoms with van der Waals surface area (Å²) in [5, 5.41) is 10.1. The lowest BCUT2D eigenvalue weighted by Gasteiger charge is -2.35. The maximum Gasteiger partial charge on any atom is 0.123 e. The zero-order chi connectivity index (χ0) is 14.4. The summed E-state index contributed by atoms with van der Waals surface area (Å²) in [6.45, 7) is 8.61. The van der Waals surface area contributed by atoms with Crippen molar-refractivity contribution < 1.29 is 14.3 Å². The van der Waals surface area contributed by atoms with Gasteiger partial charge in [-0.15, -0.1) is 6.58 Å². The van der Waals surface area contributed by atoms with Crippen LogP contribution in [0, 0.1) is 0 Å². The van der Waals surface area contributed by atoms with Crippen LogP contribution in [-0.2, 0) is 11.2 Å². The molecule has 2 unspecified atom stereocenters. The predicted molar refractivity (Wildman–Crippen MR) is 78.7 cm³/mol. The molecule has 4 nitrogen and oxygen atoms in total. The molecular formula is C16H25NO3. The summed E-state index contributed by atoms with van der Waals surface area (Å²) in [5.74, 6) is 1.94. The van der Waals surface area contributed by atoms with Gasteiger partial charge in [0.15, 0.2) is 0 Å². The molecule has 0 spiro atoms. The minimum Gasteiger partial charge on any atom is -0.464 e. The van der Waals surface area contributed by atoms with Crippen molar-refractivity contribution in [1.29, 1.82) is 0 Å². The molecule has 1 aliphatic heterocycles. The van der Waals surface area contributed by atoms with Gasteiger partial charge in [-0.1, -0.05) is 13.0 Å². The van der Waals surface area contributed by atoms with Gasteiger partial charge in [-0.3, -0.25) is 4.90 Å². The fraction of sp³-hybridized carbons (Fsp3) is 0.625. The third-order valence-corrected chi connectivity index (χ3v) is 3.75. The van der Waals surface area contributed by atoms with Crippen LogP contribution < -0.4 is 0 Å². The fourth-order valence-corrected chi connectivity index (χ4v) is 2.55. The average Bonchev–Trinajstić information content (AvgIpc) is 2.94. The molecule has 2 heterocycles. The summed E-state index contributed by atoms with van der Waals surface area (Å²) in [6, 6.07) is 4.17. The normalized spacial score (nSPS) is 21.8. The molecule has 0 bridgehead atoms. The fourth-order valence-electron chi connectivity index (χ4n) is 2.55. The van der Waals surface area contributed by atoms with E-state index >= 15 is 0 Å². The molecule has 1 aliphatic rings. The third kappa shape index (κ3) is 3.95. The molecule has 1 fully saturated rings. The molecule has 2 rings (SSSR count). The maximum absolute atomic E-state index is 10.1. The van der Waals surface area contributed by atoms with Crippen molar-refractivity contribution in [1.82, 2.24) is 4.90 Å². The molecule has 112 valence electrons. The van der Waals surface area contributed by atoms with Crippen LogP contribution in [0.4, 0.5) is 0 Å². The summed E-state index contributed by atoms with van der Waals surface area (Å²) in [5.41, 5.74) is 0. The lowest BCUT2D eigenvalue weighted by atomic mass is 10.1. The van der Waals surface area contributed by atoms with Gasteiger partial charge in [0.1, 0.15) is 11.5 Å². The van der Waals surface area contributed by atoms with Crippen LogP contribution in [0.1, 0.15) is 37.3 Å². The highest BCUT2D eigenvalue weighted by molar-refractivity contribution is 5.11. The van der Waals surface area contributed by atoms with Gasteiger partial charge in [0.25, 0.3) is 0 Å². The van der Waals surface area contributed by atoms with Crippen LogP contribution in [0.2, 0.25) is 0 Å². The number of furan rings is 1. The molecule has 1 aromatic heterocycles. The van der Waals surface area contributed by atoms with Crippen LogP contribution in [0.3, 0.4) is 0 Å². The van der Waals surface area contributed by atoms with E-state index in [9.17, 15) is 5.11 Å². The molecule has 0 radical (unpaired) electrons. The van der Waals surface area contributed by atoms with E-state index < -0.39 is 0 Å². The standard InChI is InChI=1S/C16H25NO3/c1-3-5-6-13(18)11-17-9-10-19-12-15(17)16-8-7-14(4-2)20-16/h3,7-8,13,15,18H,1,4-6,9-12H2,2H3. The van der Waals surface area contributed by atoms with Gasteiger partial charge < -0.3 is 14.3 Å². The number of allylic oxidation sites excluding steroid dienone is 1. The Labute approximate surface area is 121 Å². The Morgan fingerprint density at radius 3 is 3.10 bits per heavy atom. The van der Waals surface area contributed by atoms with E-state index in [0.29, 0.717) is 19.8 Å². The molecule has 1 N–H and O–H groups in total. The first-order valence-electron chi connectivity index (χ1n) is 7.44. The first-order chi connectivity index (χ1) is 9.74. The van der Waals surface area contributed by atoms with Gasteiger partial charge in [0.05, 0.1) is 25.4 Å². The number of ether oxygens (including phenoxy) is 1. The lowest BCUT2D eigenvalue weighted by Crippen LogP contribution is -2.43. The maximum atomic E-state index is 10.1. The predicted octanol–water partition coefficient (Wildman–Crippen LogP) is 2.54. The number of β-amino-alcohol motifs (C(OH)–C–C–N with tert-alkyl or cyclic N) is 1. The first kappa shape index (κ1) is 15.3. The van der Waals surface area contributed by atoms with Crippen molar-refractivity contribution in [3.8, 4) is 0 Å². The smallest absolute Gasteiger partial charge is 0.123 e. The van der Waals surface area contributed by atoms with Gasteiger partial charge in [0, 0.05) is 19.5 Å². The number of rotatable bonds is 7. The Morgan fingerprint density at radius 1 is 1.55 bits per heavy atom. The van der Waals surface area contributed by atoms with Crippen LogP contribution in [0.15, 0.2) is 29.2 Å². The molecule has 0 aliphatic carbocycles. The molecule has 4 heteroatoms. The van der Waals surface area contributed by atoms with E-state index in [2.05, 4.69) is 18.4 Å². The van der Waals surface area contributed by atoms with Crippen molar-refractivity contribution in [3.05, 3.63) is 36.3 Å². The van der Waals surface area contributed by atoms with Crippen LogP contribution >= 0.6 is 0 Å². The average molecular weight is 279 g/mol. The highest BCUT2D eigenvalue weighted by atomic mass is 16.5. The Bertz CT molecular complexity index is 416. The minimum absolute atomic E-state index is 0.113. The highest BCUT2D eigenvalue weighted by Crippen LogP contribution is 2.26. The van der Waals surface area contributed by atoms with Gasteiger partial charge in [-0.05, 0) is 25.0 Å². The summed E-state index contributed by atoms with van der Waals surface area (Å²) in [6.07, 6.45) is 4.02. The van der Waals surface area contributed by atoms with E-state index in [-0.39, 0.29) is 12.1 Å². The number of morpholine rings is 1. The second kappa shape index (κ2) is 7.62. The summed E-state index contributed by atoms with van der Waals surface area (Å²) in [4.78, 5) is 2.26. The number of hydrogen-bond donors (Lipinski definition) is 1. The van der Waals surface area contributed by atoms with Crippen molar-refractivity contribution in [2.45, 2.75) is 38.3 Å². The van der Waals surface area contributed by atoms with E-state index in [1.165, 1.54) is 0 Å². The zero-order valence-electron chi connectivity index (χ0n) is 12.3. The Morgan fingerprint density at radius 2 is 2.40 bits per heavy atom. The number of nitrogens with zero attached hydrogens (tertiary/aromatic N) is 1. The second-order valence-electron chi connectivity index (χ2n) is 5.26. The number of aliphatic hydroxyl groups excluding tert-OH is 1. The molecule has 0 aromatic carbocycles. The molecule has 1 saturated heterocycles. The monoisotopic (exact) mass is 279 g/mol. The highest BCUT2D eigenvalue weighted by Gasteiger charge is 2.28. The topological polar surface area (TPSA) is 45.8 Å². The molecule has 20 heavy (non-hydrogen) atoms. The summed E-state index contributed by atoms with van der Waals surface area (Å²) >= 11 is 0. The van der Waals surface area contributed by atoms with Gasteiger partial charge in [0.2, 0.25) is 0 Å². The number of aryl methyl sites for hydroxylation is 1. The molecule has 0 saturated carbocycles. The SMILES string of the molecule is C=CCCC(O)CN1CCOCC1c1ccc(CC)o1. The zero-order valence-corrected chi connectivity index (χ0v) is 12.3. The molecule has 1 aromatic rings. The summed E-state index contributed by atoms with van der Waals surface area (Å²) in [7, 11) is 0. The van der Waals surface area contributed by atoms with Crippen LogP contribution in [-0.4, -0.2) is 42.4 Å². The summed E-state index contributed by atoms with van der Waals surface area (Å²) < 4.78 is 11.4. The van der Waals surface area contributed by atoms with E-state index in [0.717, 1.165) is 37.3 Å². The second-order valence-corrected chi connectivity index (χ2v) is 5.26. The molecular weight excluding hydrogens is 254 g/mol. The van der Waals surface area contributed by atoms with Gasteiger partial charge >= 0.3 is 0 Å². The van der Waals surface area contributed by atoms with Gasteiger partial charge in [-0.25, -0.2) is 0 Å². The van der Waals surface area contributed by atoms with Crippen LogP contribution in [0.25, 0.3) is 0 Å². The van der Waals surface area contributed by atoms with Crippen molar-refractivity contribution >= 4 is 0 Å². The Balaban J connectivity index is 1.99.